The van der Waals surface area contributed by atoms with Crippen LogP contribution in [0.2, 0.25) is 0 Å². The van der Waals surface area contributed by atoms with Gasteiger partial charge in [0.2, 0.25) is 0 Å². The fraction of sp³-hybridized carbons (Fsp3) is 0.412. The molecule has 2 aromatic rings. The van der Waals surface area contributed by atoms with Crippen molar-refractivity contribution in [2.45, 2.75) is 33.4 Å². The topological polar surface area (TPSA) is 30.5 Å². The first kappa shape index (κ1) is 15.9. The maximum absolute atomic E-state index is 5.36. The molecule has 0 saturated carbocycles. The normalized spacial score (nSPS) is 12.2. The van der Waals surface area contributed by atoms with E-state index in [9.17, 15) is 0 Å². The number of benzene rings is 1. The summed E-state index contributed by atoms with van der Waals surface area (Å²) in [5, 5.41) is 3.56. The SMILES string of the molecule is COc1ccc(C(C)NCc2cc(C)c(C)s2)cc1OC. The van der Waals surface area contributed by atoms with Crippen molar-refractivity contribution >= 4 is 11.3 Å². The Labute approximate surface area is 130 Å². The van der Waals surface area contributed by atoms with E-state index < -0.39 is 0 Å². The van der Waals surface area contributed by atoms with E-state index in [2.05, 4.69) is 38.2 Å². The molecule has 0 bridgehead atoms. The smallest absolute Gasteiger partial charge is 0.161 e. The van der Waals surface area contributed by atoms with Crippen molar-refractivity contribution in [3.63, 3.8) is 0 Å². The van der Waals surface area contributed by atoms with E-state index in [1.165, 1.54) is 20.9 Å². The van der Waals surface area contributed by atoms with Crippen LogP contribution in [0.5, 0.6) is 11.5 Å². The van der Waals surface area contributed by atoms with Gasteiger partial charge < -0.3 is 14.8 Å². The Hall–Kier alpha value is -1.52. The van der Waals surface area contributed by atoms with Gasteiger partial charge >= 0.3 is 0 Å². The Morgan fingerprint density at radius 2 is 1.81 bits per heavy atom. The highest BCUT2D eigenvalue weighted by Gasteiger charge is 2.10. The molecule has 1 N–H and O–H groups in total. The number of rotatable bonds is 6. The van der Waals surface area contributed by atoms with E-state index in [4.69, 9.17) is 9.47 Å². The molecule has 0 aliphatic carbocycles. The molecular weight excluding hydrogens is 282 g/mol. The molecule has 2 rings (SSSR count). The van der Waals surface area contributed by atoms with E-state index in [0.29, 0.717) is 0 Å². The van der Waals surface area contributed by atoms with Crippen molar-refractivity contribution in [2.24, 2.45) is 0 Å². The van der Waals surface area contributed by atoms with Crippen LogP contribution in [0.15, 0.2) is 24.3 Å². The third-order valence-corrected chi connectivity index (χ3v) is 4.86. The Kier molecular flexibility index (Phi) is 5.26. The van der Waals surface area contributed by atoms with Crippen molar-refractivity contribution < 1.29 is 9.47 Å². The summed E-state index contributed by atoms with van der Waals surface area (Å²) in [7, 11) is 3.32. The predicted molar refractivity (Wildman–Crippen MR) is 88.6 cm³/mol. The molecule has 114 valence electrons. The van der Waals surface area contributed by atoms with Gasteiger partial charge in [-0.25, -0.2) is 0 Å². The highest BCUT2D eigenvalue weighted by Crippen LogP contribution is 2.30. The molecule has 1 atom stereocenters. The van der Waals surface area contributed by atoms with Crippen LogP contribution in [0.3, 0.4) is 0 Å². The summed E-state index contributed by atoms with van der Waals surface area (Å²) >= 11 is 1.86. The Morgan fingerprint density at radius 3 is 2.38 bits per heavy atom. The van der Waals surface area contributed by atoms with Crippen molar-refractivity contribution in [1.29, 1.82) is 0 Å². The van der Waals surface area contributed by atoms with Crippen LogP contribution in [-0.2, 0) is 6.54 Å². The van der Waals surface area contributed by atoms with Gasteiger partial charge in [-0.2, -0.15) is 0 Å². The molecule has 0 radical (unpaired) electrons. The number of thiophene rings is 1. The van der Waals surface area contributed by atoms with Gasteiger partial charge in [-0.15, -0.1) is 11.3 Å². The second kappa shape index (κ2) is 6.96. The fourth-order valence-electron chi connectivity index (χ4n) is 2.23. The number of ether oxygens (including phenoxy) is 2. The summed E-state index contributed by atoms with van der Waals surface area (Å²) in [5.74, 6) is 1.53. The molecule has 4 heteroatoms. The quantitative estimate of drug-likeness (QED) is 0.866. The molecule has 21 heavy (non-hydrogen) atoms. The maximum atomic E-state index is 5.36. The molecule has 1 aromatic heterocycles. The molecule has 0 saturated heterocycles. The third kappa shape index (κ3) is 3.77. The number of hydrogen-bond acceptors (Lipinski definition) is 4. The van der Waals surface area contributed by atoms with Crippen LogP contribution in [0, 0.1) is 13.8 Å². The Morgan fingerprint density at radius 1 is 1.10 bits per heavy atom. The van der Waals surface area contributed by atoms with Gasteiger partial charge in [0.1, 0.15) is 0 Å². The second-order valence-electron chi connectivity index (χ2n) is 5.17. The van der Waals surface area contributed by atoms with Crippen molar-refractivity contribution in [2.75, 3.05) is 14.2 Å². The maximum Gasteiger partial charge on any atom is 0.161 e. The van der Waals surface area contributed by atoms with Gasteiger partial charge in [0.15, 0.2) is 11.5 Å². The molecule has 1 heterocycles. The Bertz CT molecular complexity index is 587. The minimum Gasteiger partial charge on any atom is -0.493 e. The van der Waals surface area contributed by atoms with Crippen LogP contribution in [0.4, 0.5) is 0 Å². The first-order valence-corrected chi connectivity index (χ1v) is 7.88. The molecule has 0 fully saturated rings. The van der Waals surface area contributed by atoms with Crippen molar-refractivity contribution in [1.82, 2.24) is 5.32 Å². The minimum absolute atomic E-state index is 0.257. The molecule has 3 nitrogen and oxygen atoms in total. The summed E-state index contributed by atoms with van der Waals surface area (Å²) in [6.45, 7) is 7.37. The van der Waals surface area contributed by atoms with E-state index in [-0.39, 0.29) is 6.04 Å². The summed E-state index contributed by atoms with van der Waals surface area (Å²) < 4.78 is 10.6. The molecule has 0 aliphatic rings. The van der Waals surface area contributed by atoms with Crippen LogP contribution in [-0.4, -0.2) is 14.2 Å². The van der Waals surface area contributed by atoms with Crippen LogP contribution in [0.1, 0.15) is 33.8 Å². The van der Waals surface area contributed by atoms with Crippen LogP contribution < -0.4 is 14.8 Å². The summed E-state index contributed by atoms with van der Waals surface area (Å²) in [5.41, 5.74) is 2.56. The second-order valence-corrected chi connectivity index (χ2v) is 6.51. The van der Waals surface area contributed by atoms with Gasteiger partial charge in [-0.05, 0) is 50.1 Å². The monoisotopic (exact) mass is 305 g/mol. The molecule has 0 spiro atoms. The number of methoxy groups -OCH3 is 2. The number of aryl methyl sites for hydroxylation is 2. The Balaban J connectivity index is 2.04. The average molecular weight is 305 g/mol. The number of hydrogen-bond donors (Lipinski definition) is 1. The van der Waals surface area contributed by atoms with Gasteiger partial charge in [0.25, 0.3) is 0 Å². The van der Waals surface area contributed by atoms with Crippen LogP contribution in [0.25, 0.3) is 0 Å². The zero-order chi connectivity index (χ0) is 15.4. The first-order chi connectivity index (χ1) is 10.0. The first-order valence-electron chi connectivity index (χ1n) is 7.06. The molecule has 0 amide bonds. The zero-order valence-corrected chi connectivity index (χ0v) is 14.1. The van der Waals surface area contributed by atoms with Crippen molar-refractivity contribution in [3.8, 4) is 11.5 Å². The largest absolute Gasteiger partial charge is 0.493 e. The molecule has 1 aromatic carbocycles. The highest BCUT2D eigenvalue weighted by atomic mass is 32.1. The fourth-order valence-corrected chi connectivity index (χ4v) is 3.23. The number of nitrogens with one attached hydrogen (secondary N) is 1. The van der Waals surface area contributed by atoms with Gasteiger partial charge in [0.05, 0.1) is 14.2 Å². The molecular formula is C17H23NO2S. The summed E-state index contributed by atoms with van der Waals surface area (Å²) in [6, 6.07) is 8.57. The standard InChI is InChI=1S/C17H23NO2S/c1-11-8-15(21-13(11)3)10-18-12(2)14-6-7-16(19-4)17(9-14)20-5/h6-9,12,18H,10H2,1-5H3. The van der Waals surface area contributed by atoms with Gasteiger partial charge in [0, 0.05) is 22.3 Å². The zero-order valence-electron chi connectivity index (χ0n) is 13.3. The summed E-state index contributed by atoms with van der Waals surface area (Å²) in [4.78, 5) is 2.77. The highest BCUT2D eigenvalue weighted by molar-refractivity contribution is 7.12. The summed E-state index contributed by atoms with van der Waals surface area (Å²) in [6.07, 6.45) is 0. The van der Waals surface area contributed by atoms with E-state index in [1.54, 1.807) is 14.2 Å². The van der Waals surface area contributed by atoms with Crippen molar-refractivity contribution in [3.05, 3.63) is 45.1 Å². The van der Waals surface area contributed by atoms with Gasteiger partial charge in [-0.1, -0.05) is 6.07 Å². The minimum atomic E-state index is 0.257. The lowest BCUT2D eigenvalue weighted by molar-refractivity contribution is 0.354. The molecule has 0 aliphatic heterocycles. The van der Waals surface area contributed by atoms with E-state index in [1.807, 2.05) is 23.5 Å². The van der Waals surface area contributed by atoms with Gasteiger partial charge in [-0.3, -0.25) is 0 Å². The lowest BCUT2D eigenvalue weighted by Gasteiger charge is -2.16. The average Bonchev–Trinajstić information content (AvgIpc) is 2.82. The van der Waals surface area contributed by atoms with Crippen LogP contribution >= 0.6 is 11.3 Å². The lowest BCUT2D eigenvalue weighted by Crippen LogP contribution is -2.17. The lowest BCUT2D eigenvalue weighted by atomic mass is 10.1. The molecule has 1 unspecified atom stereocenters. The predicted octanol–water partition coefficient (Wildman–Crippen LogP) is 4.23. The van der Waals surface area contributed by atoms with E-state index >= 15 is 0 Å². The third-order valence-electron chi connectivity index (χ3n) is 3.71. The van der Waals surface area contributed by atoms with E-state index in [0.717, 1.165) is 18.0 Å².